The lowest BCUT2D eigenvalue weighted by Gasteiger charge is -2.07. The number of hydrogen-bond donors (Lipinski definition) is 2. The molecule has 0 aromatic heterocycles. The van der Waals surface area contributed by atoms with E-state index in [1.165, 1.54) is 12.1 Å². The summed E-state index contributed by atoms with van der Waals surface area (Å²) in [5.74, 6) is -0.945. The fourth-order valence-corrected chi connectivity index (χ4v) is 1.34. The van der Waals surface area contributed by atoms with E-state index >= 15 is 0 Å². The smallest absolute Gasteiger partial charge is 0.305 e. The number of rotatable bonds is 3. The predicted molar refractivity (Wildman–Crippen MR) is 63.6 cm³/mol. The molecule has 0 saturated heterocycles. The number of hydrogen-bond acceptors (Lipinski definition) is 2. The average Bonchev–Trinajstić information content (AvgIpc) is 2.23. The Kier molecular flexibility index (Phi) is 4.90. The monoisotopic (exact) mass is 258 g/mol. The summed E-state index contributed by atoms with van der Waals surface area (Å²) >= 11 is 5.33. The van der Waals surface area contributed by atoms with Gasteiger partial charge in [-0.25, -0.2) is 9.18 Å². The number of halogens is 2. The summed E-state index contributed by atoms with van der Waals surface area (Å²) < 4.78 is 13.3. The van der Waals surface area contributed by atoms with E-state index in [1.807, 2.05) is 5.32 Å². The highest BCUT2D eigenvalue weighted by Gasteiger charge is 2.09. The zero-order valence-corrected chi connectivity index (χ0v) is 9.97. The van der Waals surface area contributed by atoms with Gasteiger partial charge in [0.1, 0.15) is 5.82 Å². The maximum absolute atomic E-state index is 13.3. The van der Waals surface area contributed by atoms with Crippen LogP contribution >= 0.6 is 11.6 Å². The Bertz CT molecular complexity index is 437. The van der Waals surface area contributed by atoms with Crippen LogP contribution in [0.3, 0.4) is 0 Å². The molecule has 0 heterocycles. The Morgan fingerprint density at radius 1 is 1.41 bits per heavy atom. The number of alkyl halides is 1. The number of amides is 3. The molecule has 0 aliphatic rings. The van der Waals surface area contributed by atoms with E-state index in [2.05, 4.69) is 5.32 Å². The quantitative estimate of drug-likeness (QED) is 0.818. The van der Waals surface area contributed by atoms with Crippen LogP contribution in [0.1, 0.15) is 12.0 Å². The largest absolute Gasteiger partial charge is 0.325 e. The highest BCUT2D eigenvalue weighted by molar-refractivity contribution is 6.19. The molecular weight excluding hydrogens is 247 g/mol. The Morgan fingerprint density at radius 3 is 2.76 bits per heavy atom. The van der Waals surface area contributed by atoms with Gasteiger partial charge in [-0.3, -0.25) is 10.1 Å². The van der Waals surface area contributed by atoms with Gasteiger partial charge in [0.05, 0.1) is 5.69 Å². The van der Waals surface area contributed by atoms with Crippen LogP contribution in [-0.2, 0) is 4.79 Å². The maximum atomic E-state index is 13.3. The molecule has 0 bridgehead atoms. The molecule has 0 radical (unpaired) electrons. The van der Waals surface area contributed by atoms with Crippen LogP contribution in [0.15, 0.2) is 18.2 Å². The van der Waals surface area contributed by atoms with Crippen molar-refractivity contribution in [3.63, 3.8) is 0 Å². The maximum Gasteiger partial charge on any atom is 0.325 e. The van der Waals surface area contributed by atoms with Crippen molar-refractivity contribution in [3.8, 4) is 0 Å². The van der Waals surface area contributed by atoms with Crippen LogP contribution in [0, 0.1) is 12.7 Å². The molecule has 1 rings (SSSR count). The van der Waals surface area contributed by atoms with Crippen LogP contribution in [-0.4, -0.2) is 17.8 Å². The van der Waals surface area contributed by atoms with Crippen LogP contribution < -0.4 is 10.6 Å². The molecule has 1 aromatic carbocycles. The van der Waals surface area contributed by atoms with Crippen molar-refractivity contribution in [2.45, 2.75) is 13.3 Å². The summed E-state index contributed by atoms with van der Waals surface area (Å²) in [5, 5.41) is 4.29. The standard InChI is InChI=1S/C11H12ClFN2O2/c1-7-2-3-8(13)9(6-7)14-11(17)15-10(16)4-5-12/h2-3,6H,4-5H2,1H3,(H2,14,15,16,17). The Hall–Kier alpha value is -1.62. The zero-order valence-electron chi connectivity index (χ0n) is 9.22. The number of nitrogens with one attached hydrogen (secondary N) is 2. The van der Waals surface area contributed by atoms with Crippen LogP contribution in [0.4, 0.5) is 14.9 Å². The fraction of sp³-hybridized carbons (Fsp3) is 0.273. The molecule has 0 unspecified atom stereocenters. The molecule has 3 amide bonds. The molecule has 1 aromatic rings. The van der Waals surface area contributed by atoms with Gasteiger partial charge in [-0.2, -0.15) is 0 Å². The topological polar surface area (TPSA) is 58.2 Å². The number of urea groups is 1. The predicted octanol–water partition coefficient (Wildman–Crippen LogP) is 2.41. The third-order valence-corrected chi connectivity index (χ3v) is 2.13. The minimum atomic E-state index is -0.774. The summed E-state index contributed by atoms with van der Waals surface area (Å²) in [4.78, 5) is 22.4. The van der Waals surface area contributed by atoms with E-state index in [0.717, 1.165) is 5.56 Å². The van der Waals surface area contributed by atoms with Gasteiger partial charge in [-0.15, -0.1) is 11.6 Å². The second kappa shape index (κ2) is 6.20. The molecule has 0 fully saturated rings. The van der Waals surface area contributed by atoms with Gasteiger partial charge >= 0.3 is 6.03 Å². The number of imide groups is 1. The Morgan fingerprint density at radius 2 is 2.12 bits per heavy atom. The molecule has 17 heavy (non-hydrogen) atoms. The minimum Gasteiger partial charge on any atom is -0.305 e. The second-order valence-electron chi connectivity index (χ2n) is 3.42. The first-order valence-corrected chi connectivity index (χ1v) is 5.49. The highest BCUT2D eigenvalue weighted by Crippen LogP contribution is 2.15. The van der Waals surface area contributed by atoms with E-state index in [9.17, 15) is 14.0 Å². The lowest BCUT2D eigenvalue weighted by atomic mass is 10.2. The van der Waals surface area contributed by atoms with Gasteiger partial charge < -0.3 is 5.32 Å². The summed E-state index contributed by atoms with van der Waals surface area (Å²) in [6, 6.07) is 3.52. The number of benzene rings is 1. The lowest BCUT2D eigenvalue weighted by Crippen LogP contribution is -2.34. The normalized spacial score (nSPS) is 9.82. The van der Waals surface area contributed by atoms with Gasteiger partial charge in [-0.1, -0.05) is 6.07 Å². The molecular formula is C11H12ClFN2O2. The number of anilines is 1. The Labute approximate surface area is 103 Å². The van der Waals surface area contributed by atoms with Crippen molar-refractivity contribution < 1.29 is 14.0 Å². The summed E-state index contributed by atoms with van der Waals surface area (Å²) in [5.41, 5.74) is 0.829. The average molecular weight is 259 g/mol. The summed E-state index contributed by atoms with van der Waals surface area (Å²) in [6.45, 7) is 1.77. The summed E-state index contributed by atoms with van der Waals surface area (Å²) in [7, 11) is 0. The highest BCUT2D eigenvalue weighted by atomic mass is 35.5. The SMILES string of the molecule is Cc1ccc(F)c(NC(=O)NC(=O)CCCl)c1. The van der Waals surface area contributed by atoms with Gasteiger partial charge in [0, 0.05) is 12.3 Å². The van der Waals surface area contributed by atoms with Crippen molar-refractivity contribution in [2.24, 2.45) is 0 Å². The van der Waals surface area contributed by atoms with E-state index < -0.39 is 17.8 Å². The number of carbonyl (C=O) groups excluding carboxylic acids is 2. The molecule has 92 valence electrons. The molecule has 0 aliphatic heterocycles. The van der Waals surface area contributed by atoms with Crippen molar-refractivity contribution in [1.82, 2.24) is 5.32 Å². The second-order valence-corrected chi connectivity index (χ2v) is 3.80. The minimum absolute atomic E-state index is 0.0289. The molecule has 0 aliphatic carbocycles. The third kappa shape index (κ3) is 4.40. The van der Waals surface area contributed by atoms with Crippen LogP contribution in [0.5, 0.6) is 0 Å². The lowest BCUT2D eigenvalue weighted by molar-refractivity contribution is -0.119. The van der Waals surface area contributed by atoms with Gasteiger partial charge in [0.25, 0.3) is 0 Å². The molecule has 6 heteroatoms. The fourth-order valence-electron chi connectivity index (χ4n) is 1.16. The van der Waals surface area contributed by atoms with Gasteiger partial charge in [-0.05, 0) is 24.6 Å². The third-order valence-electron chi connectivity index (χ3n) is 1.94. The van der Waals surface area contributed by atoms with E-state index in [0.29, 0.717) is 0 Å². The van der Waals surface area contributed by atoms with E-state index in [4.69, 9.17) is 11.6 Å². The van der Waals surface area contributed by atoms with E-state index in [1.54, 1.807) is 13.0 Å². The number of aryl methyl sites for hydroxylation is 1. The molecule has 0 atom stereocenters. The number of carbonyl (C=O) groups is 2. The first-order chi connectivity index (χ1) is 8.02. The van der Waals surface area contributed by atoms with Crippen molar-refractivity contribution in [3.05, 3.63) is 29.6 Å². The molecule has 2 N–H and O–H groups in total. The van der Waals surface area contributed by atoms with Gasteiger partial charge in [0.15, 0.2) is 0 Å². The summed E-state index contributed by atoms with van der Waals surface area (Å²) in [6.07, 6.45) is 0.0330. The zero-order chi connectivity index (χ0) is 12.8. The van der Waals surface area contributed by atoms with Crippen molar-refractivity contribution in [1.29, 1.82) is 0 Å². The van der Waals surface area contributed by atoms with E-state index in [-0.39, 0.29) is 18.0 Å². The first kappa shape index (κ1) is 13.4. The molecule has 0 saturated carbocycles. The van der Waals surface area contributed by atoms with Crippen LogP contribution in [0.2, 0.25) is 0 Å². The Balaban J connectivity index is 2.62. The van der Waals surface area contributed by atoms with Crippen molar-refractivity contribution in [2.75, 3.05) is 11.2 Å². The first-order valence-electron chi connectivity index (χ1n) is 4.96. The van der Waals surface area contributed by atoms with Crippen LogP contribution in [0.25, 0.3) is 0 Å². The van der Waals surface area contributed by atoms with Gasteiger partial charge in [0.2, 0.25) is 5.91 Å². The van der Waals surface area contributed by atoms with Crippen molar-refractivity contribution >= 4 is 29.2 Å². The molecule has 0 spiro atoms. The molecule has 4 nitrogen and oxygen atoms in total.